The van der Waals surface area contributed by atoms with Crippen LogP contribution in [0.15, 0.2) is 60.8 Å². The zero-order valence-corrected chi connectivity index (χ0v) is 29.7. The first kappa shape index (κ1) is 44.5. The largest absolute Gasteiger partial charge is 0.480 e. The number of aliphatic hydroxyl groups excluding tert-OH is 1. The highest BCUT2D eigenvalue weighted by Gasteiger charge is 2.18. The van der Waals surface area contributed by atoms with Crippen molar-refractivity contribution in [3.8, 4) is 0 Å². The summed E-state index contributed by atoms with van der Waals surface area (Å²) in [5.74, 6) is -2.45. The van der Waals surface area contributed by atoms with Crippen molar-refractivity contribution >= 4 is 23.8 Å². The zero-order valence-electron chi connectivity index (χ0n) is 29.7. The van der Waals surface area contributed by atoms with Crippen LogP contribution in [0, 0.1) is 0 Å². The van der Waals surface area contributed by atoms with E-state index in [9.17, 15) is 19.2 Å². The fraction of sp³-hybridized carbons (Fsp3) is 0.641. The van der Waals surface area contributed by atoms with E-state index in [-0.39, 0.29) is 30.9 Å². The van der Waals surface area contributed by atoms with Gasteiger partial charge < -0.3 is 25.6 Å². The van der Waals surface area contributed by atoms with Gasteiger partial charge in [0.25, 0.3) is 0 Å². The molecule has 0 radical (unpaired) electrons. The number of unbranched alkanes of at least 4 members (excludes halogenated alkanes) is 9. The molecule has 0 aromatic heterocycles. The summed E-state index contributed by atoms with van der Waals surface area (Å²) in [6.07, 6.45) is 38.6. The Morgan fingerprint density at radius 3 is 1.88 bits per heavy atom. The first-order valence-electron chi connectivity index (χ1n) is 18.2. The quantitative estimate of drug-likeness (QED) is 0.0334. The Morgan fingerprint density at radius 2 is 1.25 bits per heavy atom. The average Bonchev–Trinajstić information content (AvgIpc) is 3.07. The van der Waals surface area contributed by atoms with E-state index in [2.05, 4.69) is 79.2 Å². The topological polar surface area (TPSA) is 142 Å². The third-order valence-electron chi connectivity index (χ3n) is 7.48. The normalized spacial score (nSPS) is 13.2. The van der Waals surface area contributed by atoms with Crippen LogP contribution < -0.4 is 10.6 Å². The summed E-state index contributed by atoms with van der Waals surface area (Å²) >= 11 is 0. The van der Waals surface area contributed by atoms with Gasteiger partial charge in [-0.1, -0.05) is 107 Å². The molecule has 0 heterocycles. The van der Waals surface area contributed by atoms with Crippen LogP contribution >= 0.6 is 0 Å². The molecule has 0 saturated carbocycles. The summed E-state index contributed by atoms with van der Waals surface area (Å²) in [5.41, 5.74) is 0. The monoisotopic (exact) mass is 672 g/mol. The molecule has 48 heavy (non-hydrogen) atoms. The first-order valence-corrected chi connectivity index (χ1v) is 18.2. The van der Waals surface area contributed by atoms with Crippen LogP contribution in [0.4, 0.5) is 0 Å². The van der Waals surface area contributed by atoms with Crippen molar-refractivity contribution in [3.63, 3.8) is 0 Å². The first-order chi connectivity index (χ1) is 23.3. The van der Waals surface area contributed by atoms with Crippen molar-refractivity contribution in [1.29, 1.82) is 0 Å². The lowest BCUT2D eigenvalue weighted by atomic mass is 10.1. The number of carboxylic acid groups (broad SMARTS) is 1. The third kappa shape index (κ3) is 29.9. The number of aliphatic carboxylic acids is 1. The number of hydrogen-bond donors (Lipinski definition) is 4. The molecule has 272 valence electrons. The summed E-state index contributed by atoms with van der Waals surface area (Å²) in [5, 5.41) is 22.4. The number of carboxylic acids is 1. The van der Waals surface area contributed by atoms with Gasteiger partial charge in [0, 0.05) is 12.8 Å². The maximum absolute atomic E-state index is 12.5. The Hall–Kier alpha value is -3.46. The molecule has 0 aromatic carbocycles. The number of carbonyl (C=O) groups excluding carboxylic acids is 3. The molecule has 0 rings (SSSR count). The third-order valence-corrected chi connectivity index (χ3v) is 7.48. The lowest BCUT2D eigenvalue weighted by molar-refractivity contribution is -0.147. The van der Waals surface area contributed by atoms with Crippen LogP contribution in [0.1, 0.15) is 136 Å². The summed E-state index contributed by atoms with van der Waals surface area (Å²) in [6.45, 7) is 3.23. The minimum atomic E-state index is -1.39. The van der Waals surface area contributed by atoms with E-state index in [1.807, 2.05) is 6.08 Å². The van der Waals surface area contributed by atoms with E-state index in [0.717, 1.165) is 103 Å². The summed E-state index contributed by atoms with van der Waals surface area (Å²) in [7, 11) is 0. The Labute approximate surface area is 290 Å². The second kappa shape index (κ2) is 33.4. The fourth-order valence-electron chi connectivity index (χ4n) is 4.66. The van der Waals surface area contributed by atoms with Gasteiger partial charge in [0.05, 0.1) is 13.2 Å². The molecule has 9 nitrogen and oxygen atoms in total. The maximum Gasteiger partial charge on any atom is 0.328 e. The van der Waals surface area contributed by atoms with Crippen LogP contribution in [0.3, 0.4) is 0 Å². The number of hydrogen-bond acceptors (Lipinski definition) is 6. The molecular weight excluding hydrogens is 608 g/mol. The Morgan fingerprint density at radius 1 is 0.667 bits per heavy atom. The molecule has 0 aliphatic rings. The number of carbonyl (C=O) groups is 4. The van der Waals surface area contributed by atoms with E-state index in [0.29, 0.717) is 12.8 Å². The standard InChI is InChI=1S/C39H64N2O7/c1-3-5-7-9-10-11-12-13-14-15-16-17-18-19-20-21-27-31-38(45)48-34(28-24-8-6-4-2)29-25-22-23-26-30-36(43)40-32-37(44)41-35(33-42)39(46)47/h5,7,10-11,13-14,16-17,24,28,34-35,42H,3-4,6,8-9,12,15,18-23,25-27,29-33H2,1-2H3,(H,40,43)(H,41,44)(H,46,47)/b7-5-,11-10-,14-13-,17-16-,28-24-. The molecule has 0 aliphatic carbocycles. The molecule has 4 N–H and O–H groups in total. The number of amides is 2. The van der Waals surface area contributed by atoms with E-state index < -0.39 is 24.5 Å². The van der Waals surface area contributed by atoms with Gasteiger partial charge >= 0.3 is 11.9 Å². The summed E-state index contributed by atoms with van der Waals surface area (Å²) < 4.78 is 5.80. The van der Waals surface area contributed by atoms with E-state index >= 15 is 0 Å². The van der Waals surface area contributed by atoms with Gasteiger partial charge in [0.2, 0.25) is 11.8 Å². The van der Waals surface area contributed by atoms with E-state index in [1.165, 1.54) is 0 Å². The highest BCUT2D eigenvalue weighted by atomic mass is 16.5. The zero-order chi connectivity index (χ0) is 35.5. The Bertz CT molecular complexity index is 1000. The van der Waals surface area contributed by atoms with Crippen LogP contribution in [-0.2, 0) is 23.9 Å². The fourth-order valence-corrected chi connectivity index (χ4v) is 4.66. The minimum absolute atomic E-state index is 0.145. The second-order valence-corrected chi connectivity index (χ2v) is 11.9. The van der Waals surface area contributed by atoms with Gasteiger partial charge in [-0.25, -0.2) is 4.79 Å². The predicted molar refractivity (Wildman–Crippen MR) is 194 cm³/mol. The molecule has 9 heteroatoms. The van der Waals surface area contributed by atoms with Gasteiger partial charge in [-0.15, -0.1) is 0 Å². The predicted octanol–water partition coefficient (Wildman–Crippen LogP) is 7.81. The van der Waals surface area contributed by atoms with E-state index in [1.54, 1.807) is 0 Å². The molecular formula is C39H64N2O7. The van der Waals surface area contributed by atoms with Gasteiger partial charge in [0.15, 0.2) is 0 Å². The SMILES string of the molecule is CC/C=C\C/C=C\C/C=C\C/C=C\CCCCCCC(=O)OC(/C=C\CCCC)CCCCCCC(=O)NCC(=O)NC(CO)C(=O)O. The summed E-state index contributed by atoms with van der Waals surface area (Å²) in [4.78, 5) is 47.1. The molecule has 0 aliphatic heterocycles. The van der Waals surface area contributed by atoms with Gasteiger partial charge in [-0.05, 0) is 76.7 Å². The van der Waals surface area contributed by atoms with Gasteiger partial charge in [0.1, 0.15) is 12.1 Å². The van der Waals surface area contributed by atoms with Crippen LogP contribution in [0.25, 0.3) is 0 Å². The minimum Gasteiger partial charge on any atom is -0.480 e. The van der Waals surface area contributed by atoms with Crippen molar-refractivity contribution in [2.24, 2.45) is 0 Å². The average molecular weight is 673 g/mol. The number of nitrogens with one attached hydrogen (secondary N) is 2. The summed E-state index contributed by atoms with van der Waals surface area (Å²) in [6, 6.07) is -1.39. The van der Waals surface area contributed by atoms with Crippen molar-refractivity contribution in [3.05, 3.63) is 60.8 Å². The molecule has 2 unspecified atom stereocenters. The van der Waals surface area contributed by atoms with Crippen molar-refractivity contribution in [1.82, 2.24) is 10.6 Å². The van der Waals surface area contributed by atoms with E-state index in [4.69, 9.17) is 14.9 Å². The smallest absolute Gasteiger partial charge is 0.328 e. The molecule has 0 bridgehead atoms. The lowest BCUT2D eigenvalue weighted by Gasteiger charge is -2.15. The lowest BCUT2D eigenvalue weighted by Crippen LogP contribution is -2.47. The second-order valence-electron chi connectivity index (χ2n) is 11.9. The van der Waals surface area contributed by atoms with Gasteiger partial charge in [-0.3, -0.25) is 14.4 Å². The van der Waals surface area contributed by atoms with Crippen LogP contribution in [-0.4, -0.2) is 59.3 Å². The molecule has 2 atom stereocenters. The highest BCUT2D eigenvalue weighted by Crippen LogP contribution is 2.14. The Kier molecular flexibility index (Phi) is 31.0. The van der Waals surface area contributed by atoms with Crippen molar-refractivity contribution in [2.75, 3.05) is 13.2 Å². The molecule has 0 aromatic rings. The number of allylic oxidation sites excluding steroid dienone is 9. The number of esters is 1. The number of aliphatic hydroxyl groups is 1. The Balaban J connectivity index is 4.13. The maximum atomic E-state index is 12.5. The highest BCUT2D eigenvalue weighted by molar-refractivity contribution is 5.87. The van der Waals surface area contributed by atoms with Crippen LogP contribution in [0.2, 0.25) is 0 Å². The van der Waals surface area contributed by atoms with Crippen LogP contribution in [0.5, 0.6) is 0 Å². The molecule has 0 fully saturated rings. The number of ether oxygens (including phenoxy) is 1. The van der Waals surface area contributed by atoms with Crippen molar-refractivity contribution < 1.29 is 34.1 Å². The molecule has 0 spiro atoms. The van der Waals surface area contributed by atoms with Crippen molar-refractivity contribution in [2.45, 2.75) is 148 Å². The van der Waals surface area contributed by atoms with Gasteiger partial charge in [-0.2, -0.15) is 0 Å². The molecule has 0 saturated heterocycles. The number of rotatable bonds is 31. The molecule has 2 amide bonds.